The minimum atomic E-state index is 0.399. The number of hydrogen-bond donors (Lipinski definition) is 1. The molecule has 1 N–H and O–H groups in total. The highest BCUT2D eigenvalue weighted by atomic mass is 79.9. The molecule has 1 aromatic rings. The van der Waals surface area contributed by atoms with Gasteiger partial charge in [-0.1, -0.05) is 29.8 Å². The van der Waals surface area contributed by atoms with E-state index in [4.69, 9.17) is 4.74 Å². The normalized spacial score (nSPS) is 19.7. The topological polar surface area (TPSA) is 21.3 Å². The zero-order valence-electron chi connectivity index (χ0n) is 10.0. The van der Waals surface area contributed by atoms with Crippen LogP contribution in [0, 0.1) is 5.92 Å². The van der Waals surface area contributed by atoms with Crippen LogP contribution in [0.5, 0.6) is 5.75 Å². The smallest absolute Gasteiger partial charge is 0.123 e. The highest BCUT2D eigenvalue weighted by Gasteiger charge is 2.27. The van der Waals surface area contributed by atoms with Gasteiger partial charge in [0.15, 0.2) is 0 Å². The third-order valence-electron chi connectivity index (χ3n) is 3.20. The fourth-order valence-corrected chi connectivity index (χ4v) is 2.96. The van der Waals surface area contributed by atoms with Crippen molar-refractivity contribution in [3.63, 3.8) is 0 Å². The van der Waals surface area contributed by atoms with E-state index in [9.17, 15) is 0 Å². The summed E-state index contributed by atoms with van der Waals surface area (Å²) in [5.41, 5.74) is 2.73. The van der Waals surface area contributed by atoms with Crippen molar-refractivity contribution in [3.05, 3.63) is 27.7 Å². The van der Waals surface area contributed by atoms with Crippen molar-refractivity contribution in [2.75, 3.05) is 13.7 Å². The van der Waals surface area contributed by atoms with Crippen molar-refractivity contribution in [2.45, 2.75) is 26.3 Å². The standard InChI is InChI=1S/C13H18BrNO/c1-8(2)13-12-9(6-7-15-13)10(14)4-5-11(12)16-3/h4-5,8,13,15H,6-7H2,1-3H3. The van der Waals surface area contributed by atoms with Gasteiger partial charge in [-0.2, -0.15) is 0 Å². The first-order valence-electron chi connectivity index (χ1n) is 5.73. The zero-order valence-corrected chi connectivity index (χ0v) is 11.6. The maximum Gasteiger partial charge on any atom is 0.123 e. The van der Waals surface area contributed by atoms with Gasteiger partial charge in [-0.05, 0) is 36.6 Å². The Labute approximate surface area is 106 Å². The van der Waals surface area contributed by atoms with Crippen LogP contribution < -0.4 is 10.1 Å². The molecular formula is C13H18BrNO. The molecule has 1 aromatic carbocycles. The fraction of sp³-hybridized carbons (Fsp3) is 0.538. The van der Waals surface area contributed by atoms with E-state index in [0.717, 1.165) is 18.7 Å². The lowest BCUT2D eigenvalue weighted by molar-refractivity contribution is 0.357. The monoisotopic (exact) mass is 283 g/mol. The number of rotatable bonds is 2. The van der Waals surface area contributed by atoms with Gasteiger partial charge >= 0.3 is 0 Å². The molecule has 1 aliphatic rings. The maximum atomic E-state index is 5.49. The van der Waals surface area contributed by atoms with Gasteiger partial charge in [0.2, 0.25) is 0 Å². The number of nitrogens with one attached hydrogen (secondary N) is 1. The minimum absolute atomic E-state index is 0.399. The van der Waals surface area contributed by atoms with Crippen LogP contribution in [-0.2, 0) is 6.42 Å². The van der Waals surface area contributed by atoms with Gasteiger partial charge in [0.05, 0.1) is 7.11 Å². The van der Waals surface area contributed by atoms with E-state index in [1.54, 1.807) is 7.11 Å². The summed E-state index contributed by atoms with van der Waals surface area (Å²) in [5.74, 6) is 1.58. The summed E-state index contributed by atoms with van der Waals surface area (Å²) in [6.07, 6.45) is 1.07. The number of benzene rings is 1. The molecule has 2 nitrogen and oxygen atoms in total. The molecule has 0 amide bonds. The van der Waals surface area contributed by atoms with Crippen LogP contribution in [-0.4, -0.2) is 13.7 Å². The Bertz CT molecular complexity index is 390. The van der Waals surface area contributed by atoms with Gasteiger partial charge in [0, 0.05) is 16.1 Å². The van der Waals surface area contributed by atoms with Gasteiger partial charge in [-0.15, -0.1) is 0 Å². The molecule has 88 valence electrons. The largest absolute Gasteiger partial charge is 0.496 e. The van der Waals surface area contributed by atoms with E-state index < -0.39 is 0 Å². The Hall–Kier alpha value is -0.540. The predicted molar refractivity (Wildman–Crippen MR) is 70.0 cm³/mol. The van der Waals surface area contributed by atoms with Crippen LogP contribution in [0.3, 0.4) is 0 Å². The first kappa shape index (κ1) is 11.9. The molecule has 0 radical (unpaired) electrons. The fourth-order valence-electron chi connectivity index (χ4n) is 2.41. The van der Waals surface area contributed by atoms with Crippen molar-refractivity contribution in [3.8, 4) is 5.75 Å². The average molecular weight is 284 g/mol. The highest BCUT2D eigenvalue weighted by molar-refractivity contribution is 9.10. The van der Waals surface area contributed by atoms with Crippen molar-refractivity contribution < 1.29 is 4.74 Å². The molecule has 1 aliphatic heterocycles. The number of methoxy groups -OCH3 is 1. The third kappa shape index (κ3) is 1.98. The molecule has 0 aliphatic carbocycles. The summed E-state index contributed by atoms with van der Waals surface area (Å²) >= 11 is 3.64. The van der Waals surface area contributed by atoms with Crippen LogP contribution in [0.2, 0.25) is 0 Å². The summed E-state index contributed by atoms with van der Waals surface area (Å²) in [5, 5.41) is 3.58. The Morgan fingerprint density at radius 1 is 1.44 bits per heavy atom. The molecule has 0 saturated carbocycles. The van der Waals surface area contributed by atoms with E-state index in [1.807, 2.05) is 6.07 Å². The van der Waals surface area contributed by atoms with E-state index in [0.29, 0.717) is 12.0 Å². The summed E-state index contributed by atoms with van der Waals surface area (Å²) in [4.78, 5) is 0. The highest BCUT2D eigenvalue weighted by Crippen LogP contribution is 2.39. The Morgan fingerprint density at radius 3 is 2.81 bits per heavy atom. The summed E-state index contributed by atoms with van der Waals surface area (Å²) in [6, 6.07) is 4.53. The molecule has 1 atom stereocenters. The van der Waals surface area contributed by atoms with Gasteiger partial charge in [0.25, 0.3) is 0 Å². The summed E-state index contributed by atoms with van der Waals surface area (Å²) in [7, 11) is 1.75. The van der Waals surface area contributed by atoms with Crippen molar-refractivity contribution >= 4 is 15.9 Å². The Balaban J connectivity index is 2.55. The molecular weight excluding hydrogens is 266 g/mol. The molecule has 2 rings (SSSR count). The molecule has 0 bridgehead atoms. The Kier molecular flexibility index (Phi) is 3.55. The second kappa shape index (κ2) is 4.76. The Morgan fingerprint density at radius 2 is 2.19 bits per heavy atom. The number of fused-ring (bicyclic) bond motifs is 1. The van der Waals surface area contributed by atoms with Crippen molar-refractivity contribution in [1.82, 2.24) is 5.32 Å². The maximum absolute atomic E-state index is 5.49. The van der Waals surface area contributed by atoms with Crippen LogP contribution in [0.1, 0.15) is 31.0 Å². The van der Waals surface area contributed by atoms with Crippen LogP contribution >= 0.6 is 15.9 Å². The molecule has 0 spiro atoms. The van der Waals surface area contributed by atoms with E-state index in [-0.39, 0.29) is 0 Å². The molecule has 1 unspecified atom stereocenters. The third-order valence-corrected chi connectivity index (χ3v) is 3.94. The zero-order chi connectivity index (χ0) is 11.7. The van der Waals surface area contributed by atoms with E-state index >= 15 is 0 Å². The van der Waals surface area contributed by atoms with Gasteiger partial charge < -0.3 is 10.1 Å². The molecule has 16 heavy (non-hydrogen) atoms. The second-order valence-corrected chi connectivity index (χ2v) is 5.42. The SMILES string of the molecule is COc1ccc(Br)c2c1C(C(C)C)NCC2. The molecule has 0 fully saturated rings. The second-order valence-electron chi connectivity index (χ2n) is 4.57. The van der Waals surface area contributed by atoms with Crippen LogP contribution in [0.25, 0.3) is 0 Å². The average Bonchev–Trinajstić information content (AvgIpc) is 2.29. The summed E-state index contributed by atoms with van der Waals surface area (Å²) in [6.45, 7) is 5.53. The van der Waals surface area contributed by atoms with Crippen molar-refractivity contribution in [2.24, 2.45) is 5.92 Å². The quantitative estimate of drug-likeness (QED) is 0.899. The first-order chi connectivity index (χ1) is 7.65. The number of ether oxygens (including phenoxy) is 1. The molecule has 0 aromatic heterocycles. The van der Waals surface area contributed by atoms with Gasteiger partial charge in [-0.25, -0.2) is 0 Å². The van der Waals surface area contributed by atoms with Gasteiger partial charge in [-0.3, -0.25) is 0 Å². The molecule has 3 heteroatoms. The summed E-state index contributed by atoms with van der Waals surface area (Å²) < 4.78 is 6.69. The number of halogens is 1. The van der Waals surface area contributed by atoms with E-state index in [2.05, 4.69) is 41.2 Å². The molecule has 0 saturated heterocycles. The van der Waals surface area contributed by atoms with E-state index in [1.165, 1.54) is 15.6 Å². The van der Waals surface area contributed by atoms with Crippen LogP contribution in [0.15, 0.2) is 16.6 Å². The molecule has 1 heterocycles. The lowest BCUT2D eigenvalue weighted by atomic mass is 9.87. The van der Waals surface area contributed by atoms with Gasteiger partial charge in [0.1, 0.15) is 5.75 Å². The van der Waals surface area contributed by atoms with Crippen molar-refractivity contribution in [1.29, 1.82) is 0 Å². The lowest BCUT2D eigenvalue weighted by Gasteiger charge is -2.32. The first-order valence-corrected chi connectivity index (χ1v) is 6.53. The lowest BCUT2D eigenvalue weighted by Crippen LogP contribution is -2.33. The van der Waals surface area contributed by atoms with Crippen LogP contribution in [0.4, 0.5) is 0 Å². The number of hydrogen-bond acceptors (Lipinski definition) is 2. The minimum Gasteiger partial charge on any atom is -0.496 e. The predicted octanol–water partition coefficient (Wildman–Crippen LogP) is 3.30.